The van der Waals surface area contributed by atoms with Gasteiger partial charge in [-0.05, 0) is 18.3 Å². The first kappa shape index (κ1) is 14.0. The highest BCUT2D eigenvalue weighted by Crippen LogP contribution is 2.46. The number of aliphatic hydroxyl groups excluding tert-OH is 1. The van der Waals surface area contributed by atoms with E-state index in [-0.39, 0.29) is 30.2 Å². The maximum atomic E-state index is 12.0. The van der Waals surface area contributed by atoms with E-state index >= 15 is 0 Å². The first-order valence-electron chi connectivity index (χ1n) is 6.68. The number of amides is 2. The van der Waals surface area contributed by atoms with Crippen LogP contribution in [-0.4, -0.2) is 45.5 Å². The fourth-order valence-electron chi connectivity index (χ4n) is 3.14. The molecule has 1 saturated carbocycles. The van der Waals surface area contributed by atoms with Crippen molar-refractivity contribution in [2.24, 2.45) is 5.41 Å². The van der Waals surface area contributed by atoms with Gasteiger partial charge in [0.15, 0.2) is 6.10 Å². The van der Waals surface area contributed by atoms with Crippen LogP contribution < -0.4 is 0 Å². The molecule has 0 aromatic rings. The summed E-state index contributed by atoms with van der Waals surface area (Å²) < 4.78 is 0. The number of likely N-dealkylation sites (tertiary alicyclic amines) is 1. The number of carbonyl (C=O) groups excluding carboxylic acids is 2. The van der Waals surface area contributed by atoms with Gasteiger partial charge in [0.25, 0.3) is 0 Å². The number of carboxylic acid groups (broad SMARTS) is 1. The Morgan fingerprint density at radius 3 is 2.21 bits per heavy atom. The Bertz CT molecular complexity index is 380. The Balaban J connectivity index is 1.94. The second-order valence-electron chi connectivity index (χ2n) is 5.64. The topological polar surface area (TPSA) is 94.9 Å². The molecule has 2 N–H and O–H groups in total. The van der Waals surface area contributed by atoms with E-state index in [0.29, 0.717) is 12.8 Å². The Morgan fingerprint density at radius 2 is 1.74 bits per heavy atom. The third-order valence-electron chi connectivity index (χ3n) is 4.23. The van der Waals surface area contributed by atoms with Crippen molar-refractivity contribution in [2.75, 3.05) is 6.54 Å². The average Bonchev–Trinajstić information content (AvgIpc) is 2.75. The van der Waals surface area contributed by atoms with Gasteiger partial charge in [-0.3, -0.25) is 14.5 Å². The minimum absolute atomic E-state index is 0.0127. The number of aliphatic hydroxyl groups is 1. The predicted octanol–water partition coefficient (Wildman–Crippen LogP) is 0.531. The molecule has 2 fully saturated rings. The smallest absolute Gasteiger partial charge is 0.332 e. The molecule has 1 aliphatic carbocycles. The van der Waals surface area contributed by atoms with Gasteiger partial charge in [0.05, 0.1) is 0 Å². The van der Waals surface area contributed by atoms with Gasteiger partial charge in [-0.2, -0.15) is 0 Å². The lowest BCUT2D eigenvalue weighted by atomic mass is 9.76. The molecular formula is C13H19NO5. The standard InChI is InChI=1S/C13H19NO5/c15-9(12(18)19)3-6-14-10(16)7-13(8-11(14)17)4-1-2-5-13/h9,15H,1-8H2,(H,18,19). The van der Waals surface area contributed by atoms with Crippen LogP contribution in [0.25, 0.3) is 0 Å². The first-order valence-corrected chi connectivity index (χ1v) is 6.68. The zero-order chi connectivity index (χ0) is 14.0. The number of hydrogen-bond donors (Lipinski definition) is 2. The summed E-state index contributed by atoms with van der Waals surface area (Å²) in [5.74, 6) is -1.78. The van der Waals surface area contributed by atoms with Crippen LogP contribution in [0.4, 0.5) is 0 Å². The van der Waals surface area contributed by atoms with Crippen LogP contribution in [0.15, 0.2) is 0 Å². The summed E-state index contributed by atoms with van der Waals surface area (Å²) in [4.78, 5) is 35.7. The van der Waals surface area contributed by atoms with Crippen LogP contribution >= 0.6 is 0 Å². The lowest BCUT2D eigenvalue weighted by molar-refractivity contribution is -0.156. The lowest BCUT2D eigenvalue weighted by Crippen LogP contribution is -2.48. The Labute approximate surface area is 111 Å². The summed E-state index contributed by atoms with van der Waals surface area (Å²) in [7, 11) is 0. The van der Waals surface area contributed by atoms with Crippen molar-refractivity contribution in [3.05, 3.63) is 0 Å². The monoisotopic (exact) mass is 269 g/mol. The van der Waals surface area contributed by atoms with Crippen molar-refractivity contribution in [1.82, 2.24) is 4.90 Å². The van der Waals surface area contributed by atoms with Crippen LogP contribution in [-0.2, 0) is 14.4 Å². The highest BCUT2D eigenvalue weighted by molar-refractivity contribution is 5.98. The van der Waals surface area contributed by atoms with Crippen molar-refractivity contribution in [3.63, 3.8) is 0 Å². The number of hydrogen-bond acceptors (Lipinski definition) is 4. The lowest BCUT2D eigenvalue weighted by Gasteiger charge is -2.37. The first-order chi connectivity index (χ1) is 8.93. The maximum Gasteiger partial charge on any atom is 0.332 e. The zero-order valence-corrected chi connectivity index (χ0v) is 10.8. The third kappa shape index (κ3) is 2.94. The summed E-state index contributed by atoms with van der Waals surface area (Å²) in [6.45, 7) is -0.0127. The minimum atomic E-state index is -1.53. The number of carbonyl (C=O) groups is 3. The summed E-state index contributed by atoms with van der Waals surface area (Å²) in [5, 5.41) is 17.8. The van der Waals surface area contributed by atoms with Crippen LogP contribution in [0.3, 0.4) is 0 Å². The predicted molar refractivity (Wildman–Crippen MR) is 65.1 cm³/mol. The van der Waals surface area contributed by atoms with E-state index in [2.05, 4.69) is 0 Å². The average molecular weight is 269 g/mol. The van der Waals surface area contributed by atoms with Gasteiger partial charge >= 0.3 is 5.97 Å². The Hall–Kier alpha value is -1.43. The molecule has 2 amide bonds. The van der Waals surface area contributed by atoms with Crippen LogP contribution in [0.5, 0.6) is 0 Å². The molecule has 1 heterocycles. The summed E-state index contributed by atoms with van der Waals surface area (Å²) in [5.41, 5.74) is -0.143. The summed E-state index contributed by atoms with van der Waals surface area (Å²) in [6, 6.07) is 0. The normalized spacial score (nSPS) is 23.9. The number of carboxylic acids is 1. The van der Waals surface area contributed by atoms with E-state index in [4.69, 9.17) is 5.11 Å². The molecule has 0 aromatic heterocycles. The van der Waals surface area contributed by atoms with Crippen LogP contribution in [0.1, 0.15) is 44.9 Å². The molecule has 0 radical (unpaired) electrons. The van der Waals surface area contributed by atoms with Gasteiger partial charge < -0.3 is 10.2 Å². The second kappa shape index (κ2) is 5.28. The van der Waals surface area contributed by atoms with E-state index in [1.807, 2.05) is 0 Å². The molecule has 0 bridgehead atoms. The largest absolute Gasteiger partial charge is 0.479 e. The summed E-state index contributed by atoms with van der Waals surface area (Å²) in [6.07, 6.45) is 3.11. The molecule has 1 spiro atoms. The maximum absolute atomic E-state index is 12.0. The minimum Gasteiger partial charge on any atom is -0.479 e. The van der Waals surface area contributed by atoms with Crippen molar-refractivity contribution in [3.8, 4) is 0 Å². The highest BCUT2D eigenvalue weighted by Gasteiger charge is 2.44. The second-order valence-corrected chi connectivity index (χ2v) is 5.64. The quantitative estimate of drug-likeness (QED) is 0.726. The number of rotatable bonds is 4. The number of imide groups is 1. The van der Waals surface area contributed by atoms with Crippen LogP contribution in [0.2, 0.25) is 0 Å². The van der Waals surface area contributed by atoms with E-state index in [1.54, 1.807) is 0 Å². The molecule has 1 saturated heterocycles. The van der Waals surface area contributed by atoms with Crippen molar-refractivity contribution in [2.45, 2.75) is 51.0 Å². The molecule has 2 aliphatic rings. The highest BCUT2D eigenvalue weighted by atomic mass is 16.4. The molecule has 6 nitrogen and oxygen atoms in total. The molecule has 6 heteroatoms. The summed E-state index contributed by atoms with van der Waals surface area (Å²) >= 11 is 0. The third-order valence-corrected chi connectivity index (χ3v) is 4.23. The molecule has 1 aliphatic heterocycles. The molecule has 106 valence electrons. The van der Waals surface area contributed by atoms with Crippen molar-refractivity contribution >= 4 is 17.8 Å². The fourth-order valence-corrected chi connectivity index (χ4v) is 3.14. The van der Waals surface area contributed by atoms with Gasteiger partial charge in [-0.15, -0.1) is 0 Å². The van der Waals surface area contributed by atoms with Crippen LogP contribution in [0, 0.1) is 5.41 Å². The van der Waals surface area contributed by atoms with Gasteiger partial charge in [-0.1, -0.05) is 12.8 Å². The molecule has 19 heavy (non-hydrogen) atoms. The number of nitrogens with zero attached hydrogens (tertiary/aromatic N) is 1. The fraction of sp³-hybridized carbons (Fsp3) is 0.769. The van der Waals surface area contributed by atoms with E-state index in [1.165, 1.54) is 0 Å². The SMILES string of the molecule is O=C(O)C(O)CCN1C(=O)CC2(CCCC2)CC1=O. The van der Waals surface area contributed by atoms with Crippen molar-refractivity contribution < 1.29 is 24.6 Å². The van der Waals surface area contributed by atoms with Gasteiger partial charge in [0, 0.05) is 25.8 Å². The zero-order valence-electron chi connectivity index (χ0n) is 10.8. The van der Waals surface area contributed by atoms with Gasteiger partial charge in [-0.25, -0.2) is 4.79 Å². The molecule has 1 atom stereocenters. The molecule has 2 rings (SSSR count). The van der Waals surface area contributed by atoms with E-state index in [9.17, 15) is 19.5 Å². The Morgan fingerprint density at radius 1 is 1.21 bits per heavy atom. The Kier molecular flexibility index (Phi) is 3.89. The van der Waals surface area contributed by atoms with Crippen molar-refractivity contribution in [1.29, 1.82) is 0 Å². The van der Waals surface area contributed by atoms with Gasteiger partial charge in [0.2, 0.25) is 11.8 Å². The number of piperidine rings is 1. The molecule has 1 unspecified atom stereocenters. The molecular weight excluding hydrogens is 250 g/mol. The van der Waals surface area contributed by atoms with E-state index in [0.717, 1.165) is 30.6 Å². The number of aliphatic carboxylic acids is 1. The van der Waals surface area contributed by atoms with E-state index < -0.39 is 12.1 Å². The molecule has 0 aromatic carbocycles. The van der Waals surface area contributed by atoms with Gasteiger partial charge in [0.1, 0.15) is 0 Å².